The number of unbranched alkanes of at least 4 members (excludes halogenated alkanes) is 1. The number of hydrogen-bond donors (Lipinski definition) is 0. The zero-order valence-electron chi connectivity index (χ0n) is 10.9. The van der Waals surface area contributed by atoms with Crippen molar-refractivity contribution in [1.29, 1.82) is 0 Å². The normalized spacial score (nSPS) is 12.9. The van der Waals surface area contributed by atoms with Crippen LogP contribution in [0.1, 0.15) is 53.9 Å². The van der Waals surface area contributed by atoms with Crippen molar-refractivity contribution in [3.63, 3.8) is 0 Å². The van der Waals surface area contributed by atoms with Gasteiger partial charge in [0.1, 0.15) is 0 Å². The van der Waals surface area contributed by atoms with Crippen molar-refractivity contribution in [2.75, 3.05) is 0 Å². The first-order valence-electron chi connectivity index (χ1n) is 5.85. The summed E-state index contributed by atoms with van der Waals surface area (Å²) in [7, 11) is 0. The average Bonchev–Trinajstić information content (AvgIpc) is 2.16. The molecule has 1 heteroatoms. The Bertz CT molecular complexity index is 255. The van der Waals surface area contributed by atoms with E-state index in [2.05, 4.69) is 39.3 Å². The minimum Gasteiger partial charge on any atom is -0.265 e. The maximum atomic E-state index is 4.58. The molecule has 0 aliphatic carbocycles. The molecule has 0 spiro atoms. The Kier molecular flexibility index (Phi) is 7.02. The predicted molar refractivity (Wildman–Crippen MR) is 70.4 cm³/mol. The Hall–Kier alpha value is -0.850. The molecule has 0 heterocycles. The van der Waals surface area contributed by atoms with Crippen LogP contribution in [0.3, 0.4) is 0 Å². The van der Waals surface area contributed by atoms with Crippen LogP contribution in [-0.4, -0.2) is 6.21 Å². The molecule has 0 saturated heterocycles. The van der Waals surface area contributed by atoms with Gasteiger partial charge < -0.3 is 0 Å². The molecule has 0 aromatic heterocycles. The number of nitrogens with zero attached hydrogens (tertiary/aromatic N) is 1. The van der Waals surface area contributed by atoms with E-state index < -0.39 is 0 Å². The van der Waals surface area contributed by atoms with Crippen LogP contribution >= 0.6 is 0 Å². The lowest BCUT2D eigenvalue weighted by Crippen LogP contribution is -1.97. The first-order valence-corrected chi connectivity index (χ1v) is 5.85. The molecule has 0 rings (SSSR count). The Morgan fingerprint density at radius 2 is 1.93 bits per heavy atom. The third-order valence-corrected chi connectivity index (χ3v) is 2.58. The van der Waals surface area contributed by atoms with Gasteiger partial charge in [-0.1, -0.05) is 38.0 Å². The van der Waals surface area contributed by atoms with Crippen LogP contribution in [0.4, 0.5) is 0 Å². The van der Waals surface area contributed by atoms with E-state index in [1.54, 1.807) is 0 Å². The molecule has 1 unspecified atom stereocenters. The third-order valence-electron chi connectivity index (χ3n) is 2.58. The fourth-order valence-electron chi connectivity index (χ4n) is 1.12. The van der Waals surface area contributed by atoms with E-state index in [9.17, 15) is 0 Å². The predicted octanol–water partition coefficient (Wildman–Crippen LogP) is 4.75. The van der Waals surface area contributed by atoms with E-state index in [1.165, 1.54) is 29.7 Å². The molecule has 0 saturated carbocycles. The molecule has 0 amide bonds. The number of hydrogen-bond acceptors (Lipinski definition) is 1. The van der Waals surface area contributed by atoms with Crippen molar-refractivity contribution < 1.29 is 0 Å². The summed E-state index contributed by atoms with van der Waals surface area (Å²) in [5.41, 5.74) is 3.74. The lowest BCUT2D eigenvalue weighted by Gasteiger charge is -2.06. The van der Waals surface area contributed by atoms with Crippen LogP contribution in [0.25, 0.3) is 0 Å². The van der Waals surface area contributed by atoms with Crippen LogP contribution in [0, 0.1) is 5.92 Å². The van der Waals surface area contributed by atoms with Crippen LogP contribution in [0.15, 0.2) is 28.4 Å². The maximum Gasteiger partial charge on any atom is 0.0386 e. The van der Waals surface area contributed by atoms with Gasteiger partial charge in [-0.05, 0) is 33.6 Å². The fraction of sp³-hybridized carbons (Fsp3) is 0.643. The van der Waals surface area contributed by atoms with Gasteiger partial charge in [-0.25, -0.2) is 0 Å². The van der Waals surface area contributed by atoms with Gasteiger partial charge in [0.05, 0.1) is 0 Å². The standard InChI is InChI=1S/C14H25N/c1-7-8-9-14(12(4)5)15-10-13(6)11(2)3/h10,13H,2,7-9H2,1,3-6H3. The van der Waals surface area contributed by atoms with Crippen LogP contribution in [0.5, 0.6) is 0 Å². The molecule has 0 radical (unpaired) electrons. The minimum atomic E-state index is 0.376. The van der Waals surface area contributed by atoms with Gasteiger partial charge in [0.25, 0.3) is 0 Å². The summed E-state index contributed by atoms with van der Waals surface area (Å²) < 4.78 is 0. The molecule has 1 nitrogen and oxygen atoms in total. The fourth-order valence-corrected chi connectivity index (χ4v) is 1.12. The van der Waals surface area contributed by atoms with Gasteiger partial charge in [0, 0.05) is 17.8 Å². The molecule has 0 fully saturated rings. The number of allylic oxidation sites excluding steroid dienone is 3. The zero-order valence-corrected chi connectivity index (χ0v) is 10.9. The molecule has 0 aromatic rings. The highest BCUT2D eigenvalue weighted by Crippen LogP contribution is 2.14. The Morgan fingerprint density at radius 1 is 1.33 bits per heavy atom. The van der Waals surface area contributed by atoms with E-state index >= 15 is 0 Å². The smallest absolute Gasteiger partial charge is 0.0386 e. The molecule has 0 aliphatic heterocycles. The maximum absolute atomic E-state index is 4.58. The lowest BCUT2D eigenvalue weighted by molar-refractivity contribution is 0.773. The topological polar surface area (TPSA) is 12.4 Å². The van der Waals surface area contributed by atoms with Gasteiger partial charge in [0.15, 0.2) is 0 Å². The number of aliphatic imine (C=N–C) groups is 1. The van der Waals surface area contributed by atoms with E-state index in [4.69, 9.17) is 0 Å². The molecule has 0 N–H and O–H groups in total. The molecule has 1 atom stereocenters. The van der Waals surface area contributed by atoms with Crippen molar-refractivity contribution in [3.8, 4) is 0 Å². The minimum absolute atomic E-state index is 0.376. The summed E-state index contributed by atoms with van der Waals surface area (Å²) >= 11 is 0. The van der Waals surface area contributed by atoms with Gasteiger partial charge in [-0.3, -0.25) is 4.99 Å². The zero-order chi connectivity index (χ0) is 11.8. The monoisotopic (exact) mass is 207 g/mol. The van der Waals surface area contributed by atoms with Gasteiger partial charge in [-0.15, -0.1) is 0 Å². The molecule has 0 aromatic carbocycles. The second kappa shape index (κ2) is 7.44. The molecule has 15 heavy (non-hydrogen) atoms. The first kappa shape index (κ1) is 14.2. The van der Waals surface area contributed by atoms with E-state index in [0.717, 1.165) is 6.42 Å². The van der Waals surface area contributed by atoms with E-state index in [1.807, 2.05) is 13.1 Å². The lowest BCUT2D eigenvalue weighted by atomic mass is 10.1. The van der Waals surface area contributed by atoms with Crippen molar-refractivity contribution in [2.45, 2.75) is 53.9 Å². The van der Waals surface area contributed by atoms with Crippen molar-refractivity contribution in [3.05, 3.63) is 23.4 Å². The summed E-state index contributed by atoms with van der Waals surface area (Å²) in [5, 5.41) is 0. The summed E-state index contributed by atoms with van der Waals surface area (Å²) in [6.45, 7) is 14.6. The second-order valence-electron chi connectivity index (χ2n) is 4.46. The van der Waals surface area contributed by atoms with Gasteiger partial charge >= 0.3 is 0 Å². The quantitative estimate of drug-likeness (QED) is 0.440. The largest absolute Gasteiger partial charge is 0.265 e. The molecule has 0 aliphatic rings. The van der Waals surface area contributed by atoms with Gasteiger partial charge in [-0.2, -0.15) is 0 Å². The van der Waals surface area contributed by atoms with Crippen LogP contribution < -0.4 is 0 Å². The SMILES string of the molecule is C=C(C)C(C)C=NC(CCCC)=C(C)C. The summed E-state index contributed by atoms with van der Waals surface area (Å²) in [6.07, 6.45) is 5.56. The molecule has 86 valence electrons. The average molecular weight is 207 g/mol. The molecular weight excluding hydrogens is 182 g/mol. The molecular formula is C14H25N. The highest BCUT2D eigenvalue weighted by atomic mass is 14.7. The summed E-state index contributed by atoms with van der Waals surface area (Å²) in [6, 6.07) is 0. The van der Waals surface area contributed by atoms with Crippen molar-refractivity contribution >= 4 is 6.21 Å². The highest BCUT2D eigenvalue weighted by molar-refractivity contribution is 5.65. The van der Waals surface area contributed by atoms with Gasteiger partial charge in [0.2, 0.25) is 0 Å². The Labute approximate surface area is 95.0 Å². The van der Waals surface area contributed by atoms with Crippen molar-refractivity contribution in [1.82, 2.24) is 0 Å². The third kappa shape index (κ3) is 6.27. The Morgan fingerprint density at radius 3 is 2.33 bits per heavy atom. The second-order valence-corrected chi connectivity index (χ2v) is 4.46. The van der Waals surface area contributed by atoms with Crippen LogP contribution in [0.2, 0.25) is 0 Å². The van der Waals surface area contributed by atoms with Crippen LogP contribution in [-0.2, 0) is 0 Å². The highest BCUT2D eigenvalue weighted by Gasteiger charge is 2.00. The summed E-state index contributed by atoms with van der Waals surface area (Å²) in [5.74, 6) is 0.376. The van der Waals surface area contributed by atoms with E-state index in [-0.39, 0.29) is 0 Å². The van der Waals surface area contributed by atoms with E-state index in [0.29, 0.717) is 5.92 Å². The molecule has 0 bridgehead atoms. The summed E-state index contributed by atoms with van der Waals surface area (Å²) in [4.78, 5) is 4.58. The Balaban J connectivity index is 4.43. The first-order chi connectivity index (χ1) is 6.99. The van der Waals surface area contributed by atoms with Crippen molar-refractivity contribution in [2.24, 2.45) is 10.9 Å². The number of rotatable bonds is 6.